The summed E-state index contributed by atoms with van der Waals surface area (Å²) in [5.74, 6) is 1.05. The number of nitriles is 1. The molecule has 1 aliphatic rings. The molecule has 1 aliphatic carbocycles. The minimum Gasteiger partial charge on any atom is -0.383 e. The van der Waals surface area contributed by atoms with Crippen LogP contribution < -0.4 is 5.73 Å². The van der Waals surface area contributed by atoms with Gasteiger partial charge in [-0.1, -0.05) is 44.5 Å². The molecule has 1 atom stereocenters. The van der Waals surface area contributed by atoms with Crippen LogP contribution in [-0.4, -0.2) is 4.98 Å². The van der Waals surface area contributed by atoms with E-state index in [1.54, 1.807) is 0 Å². The lowest BCUT2D eigenvalue weighted by atomic mass is 9.80. The normalized spacial score (nSPS) is 16.7. The van der Waals surface area contributed by atoms with Crippen molar-refractivity contribution in [2.24, 2.45) is 5.92 Å². The van der Waals surface area contributed by atoms with Gasteiger partial charge in [0.05, 0.1) is 0 Å². The maximum atomic E-state index is 9.62. The van der Waals surface area contributed by atoms with Crippen molar-refractivity contribution >= 4 is 5.82 Å². The van der Waals surface area contributed by atoms with Crippen LogP contribution in [0.25, 0.3) is 11.1 Å². The molecule has 23 heavy (non-hydrogen) atoms. The summed E-state index contributed by atoms with van der Waals surface area (Å²) in [6.45, 7) is 4.38. The van der Waals surface area contributed by atoms with Crippen LogP contribution in [0, 0.1) is 17.2 Å². The molecule has 1 heterocycles. The Morgan fingerprint density at radius 1 is 1.26 bits per heavy atom. The van der Waals surface area contributed by atoms with E-state index in [1.807, 2.05) is 0 Å². The van der Waals surface area contributed by atoms with Gasteiger partial charge in [-0.2, -0.15) is 5.26 Å². The topological polar surface area (TPSA) is 62.7 Å². The summed E-state index contributed by atoms with van der Waals surface area (Å²) in [5.41, 5.74) is 12.3. The summed E-state index contributed by atoms with van der Waals surface area (Å²) < 4.78 is 0. The molecule has 0 saturated heterocycles. The first-order valence-corrected chi connectivity index (χ1v) is 8.48. The second kappa shape index (κ2) is 6.42. The van der Waals surface area contributed by atoms with Crippen molar-refractivity contribution in [1.29, 1.82) is 5.26 Å². The average Bonchev–Trinajstić information content (AvgIpc) is 2.60. The van der Waals surface area contributed by atoms with Crippen LogP contribution in [0.3, 0.4) is 0 Å². The number of pyridine rings is 1. The van der Waals surface area contributed by atoms with Crippen molar-refractivity contribution in [2.75, 3.05) is 5.73 Å². The van der Waals surface area contributed by atoms with Gasteiger partial charge in [-0.05, 0) is 48.3 Å². The van der Waals surface area contributed by atoms with Crippen molar-refractivity contribution in [1.82, 2.24) is 4.98 Å². The Bertz CT molecular complexity index is 754. The summed E-state index contributed by atoms with van der Waals surface area (Å²) in [5, 5.41) is 9.62. The van der Waals surface area contributed by atoms with E-state index < -0.39 is 0 Å². The molecule has 0 amide bonds. The highest BCUT2D eigenvalue weighted by atomic mass is 14.9. The molecule has 3 heteroatoms. The molecular formula is C20H23N3. The fraction of sp³-hybridized carbons (Fsp3) is 0.400. The summed E-state index contributed by atoms with van der Waals surface area (Å²) in [6, 6.07) is 10.8. The Morgan fingerprint density at radius 2 is 2.00 bits per heavy atom. The van der Waals surface area contributed by atoms with Crippen LogP contribution >= 0.6 is 0 Å². The minimum atomic E-state index is 0.371. The molecule has 2 aromatic rings. The predicted octanol–water partition coefficient (Wildman–Crippen LogP) is 4.28. The van der Waals surface area contributed by atoms with E-state index in [0.29, 0.717) is 17.3 Å². The van der Waals surface area contributed by atoms with E-state index >= 15 is 0 Å². The van der Waals surface area contributed by atoms with Crippen LogP contribution in [0.1, 0.15) is 49.1 Å². The fourth-order valence-corrected chi connectivity index (χ4v) is 3.54. The third-order valence-corrected chi connectivity index (χ3v) is 5.03. The molecule has 0 bridgehead atoms. The predicted molar refractivity (Wildman–Crippen MR) is 94.0 cm³/mol. The number of rotatable bonds is 3. The lowest BCUT2D eigenvalue weighted by molar-refractivity contribution is 0.441. The van der Waals surface area contributed by atoms with E-state index in [2.05, 4.69) is 49.2 Å². The number of nitrogens with two attached hydrogens (primary N) is 1. The zero-order valence-corrected chi connectivity index (χ0v) is 13.9. The minimum absolute atomic E-state index is 0.371. The van der Waals surface area contributed by atoms with Crippen molar-refractivity contribution in [3.05, 3.63) is 46.6 Å². The molecule has 3 rings (SSSR count). The molecule has 0 saturated carbocycles. The third kappa shape index (κ3) is 2.82. The lowest BCUT2D eigenvalue weighted by Crippen LogP contribution is -2.18. The maximum absolute atomic E-state index is 9.62. The van der Waals surface area contributed by atoms with E-state index in [0.717, 1.165) is 42.5 Å². The molecule has 1 unspecified atom stereocenters. The molecule has 1 aromatic heterocycles. The molecule has 3 nitrogen and oxygen atoms in total. The van der Waals surface area contributed by atoms with Crippen LogP contribution in [0.5, 0.6) is 0 Å². The quantitative estimate of drug-likeness (QED) is 0.920. The smallest absolute Gasteiger partial charge is 0.142 e. The van der Waals surface area contributed by atoms with Gasteiger partial charge in [-0.25, -0.2) is 4.98 Å². The highest BCUT2D eigenvalue weighted by molar-refractivity contribution is 5.79. The van der Waals surface area contributed by atoms with E-state index in [4.69, 9.17) is 5.73 Å². The Balaban J connectivity index is 2.20. The Kier molecular flexibility index (Phi) is 4.34. The number of fused-ring (bicyclic) bond motifs is 1. The molecule has 0 spiro atoms. The number of aryl methyl sites for hydroxylation is 2. The number of nitrogens with zero attached hydrogens (tertiary/aromatic N) is 2. The van der Waals surface area contributed by atoms with Gasteiger partial charge in [0.15, 0.2) is 0 Å². The highest BCUT2D eigenvalue weighted by Crippen LogP contribution is 2.38. The molecule has 0 radical (unpaired) electrons. The lowest BCUT2D eigenvalue weighted by Gasteiger charge is -2.26. The van der Waals surface area contributed by atoms with Crippen molar-refractivity contribution in [3.63, 3.8) is 0 Å². The second-order valence-electron chi connectivity index (χ2n) is 6.35. The highest BCUT2D eigenvalue weighted by Gasteiger charge is 2.25. The molecule has 0 fully saturated rings. The Hall–Kier alpha value is -2.34. The van der Waals surface area contributed by atoms with Gasteiger partial charge < -0.3 is 5.73 Å². The number of aromatic nitrogens is 1. The van der Waals surface area contributed by atoms with Gasteiger partial charge >= 0.3 is 0 Å². The molecule has 2 N–H and O–H groups in total. The van der Waals surface area contributed by atoms with E-state index in [1.165, 1.54) is 17.5 Å². The zero-order chi connectivity index (χ0) is 16.4. The molecule has 0 aliphatic heterocycles. The van der Waals surface area contributed by atoms with Crippen LogP contribution in [0.15, 0.2) is 24.3 Å². The van der Waals surface area contributed by atoms with Crippen molar-refractivity contribution < 1.29 is 0 Å². The Morgan fingerprint density at radius 3 is 2.61 bits per heavy atom. The zero-order valence-electron chi connectivity index (χ0n) is 13.9. The number of benzene rings is 1. The number of hydrogen-bond acceptors (Lipinski definition) is 3. The first-order chi connectivity index (χ1) is 11.2. The monoisotopic (exact) mass is 305 g/mol. The van der Waals surface area contributed by atoms with Gasteiger partial charge in [-0.3, -0.25) is 0 Å². The van der Waals surface area contributed by atoms with E-state index in [-0.39, 0.29) is 0 Å². The summed E-state index contributed by atoms with van der Waals surface area (Å²) in [6.07, 6.45) is 5.30. The second-order valence-corrected chi connectivity index (χ2v) is 6.35. The van der Waals surface area contributed by atoms with Crippen molar-refractivity contribution in [3.8, 4) is 17.2 Å². The molecule has 1 aromatic carbocycles. The van der Waals surface area contributed by atoms with Gasteiger partial charge in [0, 0.05) is 11.3 Å². The summed E-state index contributed by atoms with van der Waals surface area (Å²) in [4.78, 5) is 4.53. The molecule has 118 valence electrons. The number of hydrogen-bond donors (Lipinski definition) is 1. The number of nitrogen functional groups attached to an aromatic ring is 1. The number of anilines is 1. The fourth-order valence-electron chi connectivity index (χ4n) is 3.54. The van der Waals surface area contributed by atoms with Crippen LogP contribution in [0.4, 0.5) is 5.82 Å². The maximum Gasteiger partial charge on any atom is 0.142 e. The summed E-state index contributed by atoms with van der Waals surface area (Å²) >= 11 is 0. The van der Waals surface area contributed by atoms with Gasteiger partial charge in [-0.15, -0.1) is 0 Å². The van der Waals surface area contributed by atoms with Gasteiger partial charge in [0.1, 0.15) is 17.5 Å². The van der Waals surface area contributed by atoms with Crippen LogP contribution in [-0.2, 0) is 19.3 Å². The van der Waals surface area contributed by atoms with E-state index in [9.17, 15) is 5.26 Å². The Labute approximate surface area is 138 Å². The SMILES string of the molecule is CCc1ccc(-c2c(C#N)c(N)nc3c2CC(CC)CC3)cc1. The first-order valence-electron chi connectivity index (χ1n) is 8.48. The first kappa shape index (κ1) is 15.6. The van der Waals surface area contributed by atoms with Gasteiger partial charge in [0.25, 0.3) is 0 Å². The average molecular weight is 305 g/mol. The summed E-state index contributed by atoms with van der Waals surface area (Å²) in [7, 11) is 0. The van der Waals surface area contributed by atoms with Crippen molar-refractivity contribution in [2.45, 2.75) is 46.0 Å². The standard InChI is InChI=1S/C20H23N3/c1-3-13-5-8-15(9-6-13)19-16-11-14(4-2)7-10-18(16)23-20(22)17(19)12-21/h5-6,8-9,14H,3-4,7,10-11H2,1-2H3,(H2,22,23). The largest absolute Gasteiger partial charge is 0.383 e. The van der Waals surface area contributed by atoms with Gasteiger partial charge in [0.2, 0.25) is 0 Å². The van der Waals surface area contributed by atoms with Crippen LogP contribution in [0.2, 0.25) is 0 Å². The third-order valence-electron chi connectivity index (χ3n) is 5.03. The molecular weight excluding hydrogens is 282 g/mol.